The molecule has 0 saturated carbocycles. The maximum absolute atomic E-state index is 13.6. The van der Waals surface area contributed by atoms with Gasteiger partial charge in [0.25, 0.3) is 0 Å². The van der Waals surface area contributed by atoms with Crippen molar-refractivity contribution in [1.82, 2.24) is 10.2 Å². The molecule has 1 aliphatic rings. The van der Waals surface area contributed by atoms with Gasteiger partial charge >= 0.3 is 0 Å². The third-order valence-electron chi connectivity index (χ3n) is 3.65. The van der Waals surface area contributed by atoms with E-state index in [-0.39, 0.29) is 11.1 Å². The summed E-state index contributed by atoms with van der Waals surface area (Å²) < 4.78 is 13.6. The minimum atomic E-state index is -0.507. The van der Waals surface area contributed by atoms with Crippen LogP contribution in [0.2, 0.25) is 10.0 Å². The lowest BCUT2D eigenvalue weighted by molar-refractivity contribution is 0.503. The SMILES string of the molecule is NC1CCCN(c2cc(-c3cc(F)c(Cl)cc3Cl)[nH]n2)C1. The Kier molecular flexibility index (Phi) is 4.06. The number of anilines is 1. The van der Waals surface area contributed by atoms with Crippen LogP contribution in [0.1, 0.15) is 12.8 Å². The first-order chi connectivity index (χ1) is 10.0. The summed E-state index contributed by atoms with van der Waals surface area (Å²) in [6, 6.07) is 4.72. The molecule has 1 aromatic heterocycles. The van der Waals surface area contributed by atoms with Crippen LogP contribution in [-0.4, -0.2) is 29.3 Å². The molecule has 0 amide bonds. The van der Waals surface area contributed by atoms with Crippen molar-refractivity contribution < 1.29 is 4.39 Å². The van der Waals surface area contributed by atoms with Crippen molar-refractivity contribution >= 4 is 29.0 Å². The van der Waals surface area contributed by atoms with Gasteiger partial charge in [-0.15, -0.1) is 0 Å². The van der Waals surface area contributed by atoms with E-state index in [1.54, 1.807) is 0 Å². The van der Waals surface area contributed by atoms with Gasteiger partial charge in [-0.25, -0.2) is 4.39 Å². The normalized spacial score (nSPS) is 19.0. The lowest BCUT2D eigenvalue weighted by Gasteiger charge is -2.30. The first-order valence-electron chi connectivity index (χ1n) is 6.75. The summed E-state index contributed by atoms with van der Waals surface area (Å²) in [4.78, 5) is 2.12. The number of nitrogens with zero attached hydrogens (tertiary/aromatic N) is 2. The Hall–Kier alpha value is -1.30. The number of hydrogen-bond donors (Lipinski definition) is 2. The second-order valence-corrected chi connectivity index (χ2v) is 6.05. The van der Waals surface area contributed by atoms with Crippen LogP contribution in [0.3, 0.4) is 0 Å². The highest BCUT2D eigenvalue weighted by atomic mass is 35.5. The number of rotatable bonds is 2. The second kappa shape index (κ2) is 5.83. The summed E-state index contributed by atoms with van der Waals surface area (Å²) in [6.45, 7) is 1.69. The molecule has 3 rings (SSSR count). The molecule has 0 bridgehead atoms. The van der Waals surface area contributed by atoms with Gasteiger partial charge in [0.1, 0.15) is 5.82 Å². The fourth-order valence-corrected chi connectivity index (χ4v) is 3.04. The molecule has 1 aliphatic heterocycles. The second-order valence-electron chi connectivity index (χ2n) is 5.23. The zero-order valence-corrected chi connectivity index (χ0v) is 12.8. The predicted octanol–water partition coefficient (Wildman–Crippen LogP) is 3.45. The smallest absolute Gasteiger partial charge is 0.151 e. The van der Waals surface area contributed by atoms with E-state index in [1.807, 2.05) is 6.07 Å². The fourth-order valence-electron chi connectivity index (χ4n) is 2.56. The minimum Gasteiger partial charge on any atom is -0.354 e. The standard InChI is InChI=1S/C14H15Cl2FN4/c15-10-5-11(16)12(17)4-9(10)13-6-14(20-19-13)21-3-1-2-8(18)7-21/h4-6,8H,1-3,7,18H2,(H,19,20). The van der Waals surface area contributed by atoms with E-state index in [2.05, 4.69) is 15.1 Å². The van der Waals surface area contributed by atoms with Gasteiger partial charge < -0.3 is 10.6 Å². The topological polar surface area (TPSA) is 57.9 Å². The first kappa shape index (κ1) is 14.6. The molecule has 2 heterocycles. The molecular formula is C14H15Cl2FN4. The van der Waals surface area contributed by atoms with Crippen LogP contribution >= 0.6 is 23.2 Å². The summed E-state index contributed by atoms with van der Waals surface area (Å²) in [5, 5.41) is 7.56. The molecule has 1 unspecified atom stereocenters. The Morgan fingerprint density at radius 3 is 2.86 bits per heavy atom. The van der Waals surface area contributed by atoms with Crippen LogP contribution < -0.4 is 10.6 Å². The van der Waals surface area contributed by atoms with E-state index in [4.69, 9.17) is 28.9 Å². The molecule has 21 heavy (non-hydrogen) atoms. The van der Waals surface area contributed by atoms with Crippen molar-refractivity contribution in [3.63, 3.8) is 0 Å². The Balaban J connectivity index is 1.90. The summed E-state index contributed by atoms with van der Waals surface area (Å²) in [7, 11) is 0. The van der Waals surface area contributed by atoms with E-state index in [0.717, 1.165) is 31.7 Å². The molecule has 0 spiro atoms. The van der Waals surface area contributed by atoms with Crippen LogP contribution in [0.15, 0.2) is 18.2 Å². The summed E-state index contributed by atoms with van der Waals surface area (Å²) in [6.07, 6.45) is 2.07. The van der Waals surface area contributed by atoms with Crippen molar-refractivity contribution in [3.8, 4) is 11.3 Å². The summed E-state index contributed by atoms with van der Waals surface area (Å²) in [5.74, 6) is 0.291. The van der Waals surface area contributed by atoms with Crippen LogP contribution in [0.25, 0.3) is 11.3 Å². The van der Waals surface area contributed by atoms with Gasteiger partial charge in [-0.05, 0) is 25.0 Å². The van der Waals surface area contributed by atoms with Crippen LogP contribution in [-0.2, 0) is 0 Å². The number of aromatic nitrogens is 2. The zero-order valence-electron chi connectivity index (χ0n) is 11.2. The molecule has 3 N–H and O–H groups in total. The average Bonchev–Trinajstić information content (AvgIpc) is 2.92. The third-order valence-corrected chi connectivity index (χ3v) is 4.25. The zero-order chi connectivity index (χ0) is 15.0. The first-order valence-corrected chi connectivity index (χ1v) is 7.51. The summed E-state index contributed by atoms with van der Waals surface area (Å²) in [5.41, 5.74) is 7.17. The van der Waals surface area contributed by atoms with E-state index in [9.17, 15) is 4.39 Å². The number of aromatic amines is 1. The van der Waals surface area contributed by atoms with E-state index in [0.29, 0.717) is 16.3 Å². The van der Waals surface area contributed by atoms with Crippen molar-refractivity contribution in [1.29, 1.82) is 0 Å². The molecule has 1 saturated heterocycles. The summed E-state index contributed by atoms with van der Waals surface area (Å²) >= 11 is 11.8. The molecule has 0 radical (unpaired) electrons. The third kappa shape index (κ3) is 3.00. The predicted molar refractivity (Wildman–Crippen MR) is 83.4 cm³/mol. The van der Waals surface area contributed by atoms with Crippen molar-refractivity contribution in [2.75, 3.05) is 18.0 Å². The fraction of sp³-hybridized carbons (Fsp3) is 0.357. The lowest BCUT2D eigenvalue weighted by Crippen LogP contribution is -2.43. The number of benzene rings is 1. The van der Waals surface area contributed by atoms with Crippen LogP contribution in [0.5, 0.6) is 0 Å². The number of nitrogens with one attached hydrogen (secondary N) is 1. The van der Waals surface area contributed by atoms with E-state index >= 15 is 0 Å². The minimum absolute atomic E-state index is 0.00509. The number of hydrogen-bond acceptors (Lipinski definition) is 3. The Morgan fingerprint density at radius 1 is 1.29 bits per heavy atom. The van der Waals surface area contributed by atoms with Crippen molar-refractivity contribution in [2.45, 2.75) is 18.9 Å². The van der Waals surface area contributed by atoms with Crippen molar-refractivity contribution in [2.24, 2.45) is 5.73 Å². The Labute approximate surface area is 132 Å². The largest absolute Gasteiger partial charge is 0.354 e. The van der Waals surface area contributed by atoms with Gasteiger partial charge in [0.05, 0.1) is 15.7 Å². The van der Waals surface area contributed by atoms with E-state index in [1.165, 1.54) is 12.1 Å². The van der Waals surface area contributed by atoms with Gasteiger partial charge in [-0.2, -0.15) is 5.10 Å². The van der Waals surface area contributed by atoms with Gasteiger partial charge in [0.15, 0.2) is 5.82 Å². The molecule has 7 heteroatoms. The number of piperidine rings is 1. The van der Waals surface area contributed by atoms with Gasteiger partial charge in [-0.1, -0.05) is 23.2 Å². The number of halogens is 3. The lowest BCUT2D eigenvalue weighted by atomic mass is 10.1. The number of H-pyrrole nitrogens is 1. The quantitative estimate of drug-likeness (QED) is 0.830. The molecule has 1 atom stereocenters. The van der Waals surface area contributed by atoms with Gasteiger partial charge in [-0.3, -0.25) is 5.10 Å². The Morgan fingerprint density at radius 2 is 2.10 bits per heavy atom. The highest BCUT2D eigenvalue weighted by molar-refractivity contribution is 6.36. The molecule has 112 valence electrons. The van der Waals surface area contributed by atoms with E-state index < -0.39 is 5.82 Å². The number of nitrogens with two attached hydrogens (primary N) is 1. The maximum Gasteiger partial charge on any atom is 0.151 e. The average molecular weight is 329 g/mol. The van der Waals surface area contributed by atoms with Gasteiger partial charge in [0, 0.05) is 30.8 Å². The molecule has 1 aromatic carbocycles. The van der Waals surface area contributed by atoms with Crippen LogP contribution in [0.4, 0.5) is 10.2 Å². The molecule has 0 aliphatic carbocycles. The van der Waals surface area contributed by atoms with Crippen LogP contribution in [0, 0.1) is 5.82 Å². The molecule has 2 aromatic rings. The van der Waals surface area contributed by atoms with Crippen molar-refractivity contribution in [3.05, 3.63) is 34.1 Å². The molecule has 1 fully saturated rings. The van der Waals surface area contributed by atoms with Gasteiger partial charge in [0.2, 0.25) is 0 Å². The highest BCUT2D eigenvalue weighted by Gasteiger charge is 2.20. The molecule has 4 nitrogen and oxygen atoms in total. The Bertz CT molecular complexity index is 658. The molecular weight excluding hydrogens is 314 g/mol. The highest BCUT2D eigenvalue weighted by Crippen LogP contribution is 2.32. The monoisotopic (exact) mass is 328 g/mol. The maximum atomic E-state index is 13.6.